The van der Waals surface area contributed by atoms with Gasteiger partial charge in [0.05, 0.1) is 0 Å². The van der Waals surface area contributed by atoms with Gasteiger partial charge in [-0.25, -0.2) is 4.79 Å². The molecule has 0 rings (SSSR count). The van der Waals surface area contributed by atoms with Crippen molar-refractivity contribution in [3.63, 3.8) is 0 Å². The zero-order valence-corrected chi connectivity index (χ0v) is 8.67. The molecule has 0 aliphatic heterocycles. The predicted molar refractivity (Wildman–Crippen MR) is 49.4 cm³/mol. The van der Waals surface area contributed by atoms with Crippen molar-refractivity contribution in [1.82, 2.24) is 4.90 Å². The van der Waals surface area contributed by atoms with Gasteiger partial charge >= 0.3 is 12.3 Å². The molecule has 0 atom stereocenters. The van der Waals surface area contributed by atoms with Crippen LogP contribution >= 0.6 is 0 Å². The van der Waals surface area contributed by atoms with E-state index in [4.69, 9.17) is 0 Å². The molecular weight excluding hydrogens is 211 g/mol. The number of carbonyl (C=O) groups excluding carboxylic acids is 1. The van der Waals surface area contributed by atoms with Gasteiger partial charge in [-0.2, -0.15) is 13.2 Å². The maximum atomic E-state index is 11.8. The second kappa shape index (κ2) is 5.63. The molecule has 0 aromatic carbocycles. The van der Waals surface area contributed by atoms with E-state index in [1.807, 2.05) is 0 Å². The third kappa shape index (κ3) is 5.98. The van der Waals surface area contributed by atoms with Crippen LogP contribution in [0, 0.1) is 0 Å². The molecule has 0 radical (unpaired) electrons. The van der Waals surface area contributed by atoms with Crippen LogP contribution in [0.4, 0.5) is 18.0 Å². The molecule has 0 spiro atoms. The van der Waals surface area contributed by atoms with Gasteiger partial charge in [0, 0.05) is 12.6 Å². The number of hydrogen-bond donors (Lipinski definition) is 0. The zero-order valence-electron chi connectivity index (χ0n) is 8.67. The maximum absolute atomic E-state index is 11.8. The Morgan fingerprint density at radius 2 is 2.07 bits per heavy atom. The molecule has 0 aromatic rings. The summed E-state index contributed by atoms with van der Waals surface area (Å²) in [6.07, 6.45) is -4.05. The summed E-state index contributed by atoms with van der Waals surface area (Å²) in [5, 5.41) is 0. The third-order valence-corrected chi connectivity index (χ3v) is 1.54. The predicted octanol–water partition coefficient (Wildman–Crippen LogP) is 2.58. The second-order valence-electron chi connectivity index (χ2n) is 3.20. The topological polar surface area (TPSA) is 29.5 Å². The first-order chi connectivity index (χ1) is 6.78. The highest BCUT2D eigenvalue weighted by molar-refractivity contribution is 5.68. The van der Waals surface area contributed by atoms with E-state index in [0.717, 1.165) is 4.90 Å². The lowest BCUT2D eigenvalue weighted by Crippen LogP contribution is -2.38. The van der Waals surface area contributed by atoms with Crippen LogP contribution in [0.1, 0.15) is 13.8 Å². The Hall–Kier alpha value is -1.20. The summed E-state index contributed by atoms with van der Waals surface area (Å²) in [6, 6.07) is -0.233. The summed E-state index contributed by atoms with van der Waals surface area (Å²) < 4.78 is 39.3. The molecule has 0 aliphatic carbocycles. The van der Waals surface area contributed by atoms with Gasteiger partial charge in [0.25, 0.3) is 0 Å². The number of alkyl halides is 3. The fourth-order valence-corrected chi connectivity index (χ4v) is 0.862. The Morgan fingerprint density at radius 3 is 2.40 bits per heavy atom. The molecule has 0 saturated heterocycles. The molecule has 0 saturated carbocycles. The first kappa shape index (κ1) is 13.8. The van der Waals surface area contributed by atoms with Gasteiger partial charge in [-0.3, -0.25) is 0 Å². The summed E-state index contributed by atoms with van der Waals surface area (Å²) in [7, 11) is 0. The quantitative estimate of drug-likeness (QED) is 0.688. The first-order valence-corrected chi connectivity index (χ1v) is 4.39. The van der Waals surface area contributed by atoms with Gasteiger partial charge in [-0.15, -0.1) is 6.58 Å². The lowest BCUT2D eigenvalue weighted by atomic mass is 10.3. The van der Waals surface area contributed by atoms with Crippen LogP contribution in [0.3, 0.4) is 0 Å². The molecular formula is C9H14F3NO2. The minimum absolute atomic E-state index is 0.161. The highest BCUT2D eigenvalue weighted by atomic mass is 19.4. The number of carbonyl (C=O) groups is 1. The molecule has 15 heavy (non-hydrogen) atoms. The van der Waals surface area contributed by atoms with Crippen molar-refractivity contribution in [3.8, 4) is 0 Å². The van der Waals surface area contributed by atoms with E-state index in [9.17, 15) is 18.0 Å². The number of halogens is 3. The monoisotopic (exact) mass is 225 g/mol. The SMILES string of the molecule is C=CCN(C(=O)OCC(F)(F)F)C(C)C. The summed E-state index contributed by atoms with van der Waals surface area (Å²) in [6.45, 7) is 5.36. The van der Waals surface area contributed by atoms with Gasteiger partial charge in [0.15, 0.2) is 6.61 Å². The van der Waals surface area contributed by atoms with Crippen molar-refractivity contribution < 1.29 is 22.7 Å². The van der Waals surface area contributed by atoms with Gasteiger partial charge in [-0.05, 0) is 13.8 Å². The van der Waals surface area contributed by atoms with Crippen LogP contribution in [0.15, 0.2) is 12.7 Å². The Balaban J connectivity index is 4.21. The molecule has 88 valence electrons. The van der Waals surface area contributed by atoms with Crippen molar-refractivity contribution in [2.75, 3.05) is 13.2 Å². The molecule has 0 N–H and O–H groups in total. The number of rotatable bonds is 4. The summed E-state index contributed by atoms with van der Waals surface area (Å²) in [5.74, 6) is 0. The Labute approximate surface area is 86.5 Å². The van der Waals surface area contributed by atoms with Gasteiger partial charge in [0.2, 0.25) is 0 Å². The molecule has 0 bridgehead atoms. The van der Waals surface area contributed by atoms with E-state index in [1.165, 1.54) is 6.08 Å². The van der Waals surface area contributed by atoms with Crippen LogP contribution in [-0.2, 0) is 4.74 Å². The molecule has 0 unspecified atom stereocenters. The maximum Gasteiger partial charge on any atom is 0.422 e. The van der Waals surface area contributed by atoms with Gasteiger partial charge in [0.1, 0.15) is 0 Å². The van der Waals surface area contributed by atoms with Crippen LogP contribution in [0.25, 0.3) is 0 Å². The number of ether oxygens (including phenoxy) is 1. The van der Waals surface area contributed by atoms with Crippen molar-refractivity contribution in [2.45, 2.75) is 26.1 Å². The normalized spacial score (nSPS) is 11.3. The average Bonchev–Trinajstić information content (AvgIpc) is 2.08. The van der Waals surface area contributed by atoms with Crippen molar-refractivity contribution in [1.29, 1.82) is 0 Å². The Kier molecular flexibility index (Phi) is 5.18. The van der Waals surface area contributed by atoms with Gasteiger partial charge < -0.3 is 9.64 Å². The number of hydrogen-bond acceptors (Lipinski definition) is 2. The van der Waals surface area contributed by atoms with E-state index in [2.05, 4.69) is 11.3 Å². The molecule has 6 heteroatoms. The lowest BCUT2D eigenvalue weighted by Gasteiger charge is -2.24. The van der Waals surface area contributed by atoms with Gasteiger partial charge in [-0.1, -0.05) is 6.08 Å². The van der Waals surface area contributed by atoms with Crippen LogP contribution < -0.4 is 0 Å². The van der Waals surface area contributed by atoms with Crippen LogP contribution in [0.2, 0.25) is 0 Å². The summed E-state index contributed by atoms with van der Waals surface area (Å²) >= 11 is 0. The molecule has 3 nitrogen and oxygen atoms in total. The third-order valence-electron chi connectivity index (χ3n) is 1.54. The molecule has 0 heterocycles. The summed E-state index contributed by atoms with van der Waals surface area (Å²) in [5.41, 5.74) is 0. The molecule has 0 fully saturated rings. The standard InChI is InChI=1S/C9H14F3NO2/c1-4-5-13(7(2)3)8(14)15-6-9(10,11)12/h4,7H,1,5-6H2,2-3H3. The van der Waals surface area contributed by atoms with E-state index in [1.54, 1.807) is 13.8 Å². The lowest BCUT2D eigenvalue weighted by molar-refractivity contribution is -0.162. The van der Waals surface area contributed by atoms with E-state index in [-0.39, 0.29) is 12.6 Å². The van der Waals surface area contributed by atoms with Crippen LogP contribution in [-0.4, -0.2) is 36.4 Å². The number of amides is 1. The Bertz CT molecular complexity index is 226. The molecule has 0 aromatic heterocycles. The highest BCUT2D eigenvalue weighted by Gasteiger charge is 2.31. The fourth-order valence-electron chi connectivity index (χ4n) is 0.862. The van der Waals surface area contributed by atoms with Crippen molar-refractivity contribution >= 4 is 6.09 Å². The zero-order chi connectivity index (χ0) is 12.1. The highest BCUT2D eigenvalue weighted by Crippen LogP contribution is 2.15. The van der Waals surface area contributed by atoms with E-state index >= 15 is 0 Å². The minimum Gasteiger partial charge on any atom is -0.440 e. The Morgan fingerprint density at radius 1 is 1.53 bits per heavy atom. The smallest absolute Gasteiger partial charge is 0.422 e. The largest absolute Gasteiger partial charge is 0.440 e. The second-order valence-corrected chi connectivity index (χ2v) is 3.20. The van der Waals surface area contributed by atoms with Crippen molar-refractivity contribution in [3.05, 3.63) is 12.7 Å². The van der Waals surface area contributed by atoms with E-state index in [0.29, 0.717) is 0 Å². The van der Waals surface area contributed by atoms with Crippen LogP contribution in [0.5, 0.6) is 0 Å². The summed E-state index contributed by atoms with van der Waals surface area (Å²) in [4.78, 5) is 12.3. The minimum atomic E-state index is -4.49. The van der Waals surface area contributed by atoms with E-state index < -0.39 is 18.9 Å². The average molecular weight is 225 g/mol. The van der Waals surface area contributed by atoms with Crippen molar-refractivity contribution in [2.24, 2.45) is 0 Å². The molecule has 0 aliphatic rings. The molecule has 1 amide bonds. The number of nitrogens with zero attached hydrogens (tertiary/aromatic N) is 1. The first-order valence-electron chi connectivity index (χ1n) is 4.39. The fraction of sp³-hybridized carbons (Fsp3) is 0.667.